The second-order valence-corrected chi connectivity index (χ2v) is 12.3. The first kappa shape index (κ1) is 110. The Morgan fingerprint density at radius 3 is 0.735 bits per heavy atom. The summed E-state index contributed by atoms with van der Waals surface area (Å²) in [5.74, 6) is 0. The van der Waals surface area contributed by atoms with Gasteiger partial charge in [-0.3, -0.25) is 0 Å². The molecular formula is C22H70Al2Cl5LiSi4. The average Bonchev–Trinajstić information content (AvgIpc) is 2.43. The van der Waals surface area contributed by atoms with Crippen LogP contribution in [0.15, 0.2) is 60.7 Å². The largest absolute Gasteiger partial charge is 1.00 e. The maximum Gasteiger partial charge on any atom is 1.00 e. The van der Waals surface area contributed by atoms with Gasteiger partial charge in [-0.2, -0.15) is 11.1 Å². The zero-order chi connectivity index (χ0) is 15.8. The summed E-state index contributed by atoms with van der Waals surface area (Å²) in [5, 5.41) is 2.92. The van der Waals surface area contributed by atoms with Gasteiger partial charge in [0.2, 0.25) is 0 Å². The summed E-state index contributed by atoms with van der Waals surface area (Å²) in [7, 11) is 18.0. The van der Waals surface area contributed by atoms with Crippen LogP contribution < -0.4 is 29.2 Å². The van der Waals surface area contributed by atoms with Crippen LogP contribution in [0.3, 0.4) is 0 Å². The third-order valence-corrected chi connectivity index (χ3v) is 3.21. The van der Waals surface area contributed by atoms with Gasteiger partial charge in [0.1, 0.15) is 9.55 Å². The molecule has 0 aliphatic heterocycles. The van der Waals surface area contributed by atoms with Crippen molar-refractivity contribution in [2.24, 2.45) is 0 Å². The van der Waals surface area contributed by atoms with Crippen LogP contribution in [0.4, 0.5) is 0 Å². The molecule has 0 heterocycles. The summed E-state index contributed by atoms with van der Waals surface area (Å²) < 4.78 is 0. The molecule has 0 amide bonds. The molecule has 0 aromatic heterocycles. The van der Waals surface area contributed by atoms with E-state index in [1.54, 1.807) is 0 Å². The molecule has 0 spiro atoms. The minimum absolute atomic E-state index is 0. The molecule has 2 aromatic carbocycles. The van der Waals surface area contributed by atoms with Crippen molar-refractivity contribution in [2.75, 3.05) is 0 Å². The smallest absolute Gasteiger partial charge is 1.00 e. The van der Waals surface area contributed by atoms with Crippen molar-refractivity contribution < 1.29 is 21.7 Å². The summed E-state index contributed by atoms with van der Waals surface area (Å²) >= 11 is 3.06. The summed E-state index contributed by atoms with van der Waals surface area (Å²) in [6, 6.07) is 21.0. The Kier molecular flexibility index (Phi) is 295. The Labute approximate surface area is 287 Å². The average molecular weight is 685 g/mol. The van der Waals surface area contributed by atoms with Crippen molar-refractivity contribution in [1.82, 2.24) is 0 Å². The van der Waals surface area contributed by atoms with Crippen molar-refractivity contribution in [3.8, 4) is 0 Å². The topological polar surface area (TPSA) is 0 Å². The summed E-state index contributed by atoms with van der Waals surface area (Å²) in [4.78, 5) is 0. The van der Waals surface area contributed by atoms with Gasteiger partial charge >= 0.3 is 30.2 Å². The molecule has 2 rings (SSSR count). The third kappa shape index (κ3) is 113. The van der Waals surface area contributed by atoms with Gasteiger partial charge in [-0.15, -0.1) is 12.4 Å². The van der Waals surface area contributed by atoms with Crippen LogP contribution in [-0.2, 0) is 0 Å². The van der Waals surface area contributed by atoms with E-state index in [4.69, 9.17) is 41.2 Å². The van der Waals surface area contributed by atoms with Gasteiger partial charge < -0.3 is 1.43 Å². The molecule has 216 valence electrons. The quantitative estimate of drug-likeness (QED) is 0.295. The molecule has 12 heteroatoms. The van der Waals surface area contributed by atoms with Crippen LogP contribution in [0.5, 0.6) is 0 Å². The second kappa shape index (κ2) is 91.5. The minimum Gasteiger partial charge on any atom is -1.00 e. The predicted octanol–water partition coefficient (Wildman–Crippen LogP) is 2.06. The Morgan fingerprint density at radius 1 is 0.559 bits per heavy atom. The van der Waals surface area contributed by atoms with Gasteiger partial charge in [0.15, 0.2) is 17.4 Å². The Balaban J connectivity index is -0.00000000682. The number of rotatable bonds is 0. The van der Waals surface area contributed by atoms with E-state index in [1.807, 2.05) is 12.1 Å². The monoisotopic (exact) mass is 682 g/mol. The van der Waals surface area contributed by atoms with Crippen molar-refractivity contribution in [3.63, 3.8) is 0 Å². The van der Waals surface area contributed by atoms with E-state index < -0.39 is 11.4 Å². The van der Waals surface area contributed by atoms with Gasteiger partial charge in [-0.1, -0.05) is 145 Å². The molecule has 0 N–H and O–H groups in total. The number of hydrogen-bond acceptors (Lipinski definition) is 0. The SMILES string of the molecule is C.C.C.C.C.C.C.C.C.C.Cl.[AlH3].[Cl][Al]([Cl])[Cl].[H-].[HH].[Li+].[SiH3]Cl.[SiH3]c1ccccc1.[SiH3]c1ccccc1.[SiH4]. The number of halogens is 5. The molecule has 0 aliphatic carbocycles. The Bertz CT molecular complexity index is 397. The molecule has 0 saturated carbocycles. The van der Waals surface area contributed by atoms with Crippen molar-refractivity contribution >= 4 is 134 Å². The third-order valence-electron chi connectivity index (χ3n) is 1.88. The van der Waals surface area contributed by atoms with Crippen molar-refractivity contribution in [2.45, 2.75) is 74.3 Å². The van der Waals surface area contributed by atoms with Gasteiger partial charge in [-0.05, 0) is 11.0 Å². The van der Waals surface area contributed by atoms with Crippen molar-refractivity contribution in [1.29, 1.82) is 0 Å². The van der Waals surface area contributed by atoms with E-state index in [2.05, 4.69) is 48.5 Å². The van der Waals surface area contributed by atoms with E-state index >= 15 is 0 Å². The molecule has 2 aromatic rings. The molecule has 0 atom stereocenters. The molecule has 0 fully saturated rings. The van der Waals surface area contributed by atoms with E-state index in [0.717, 1.165) is 9.55 Å². The first-order chi connectivity index (χ1) is 9.52. The van der Waals surface area contributed by atoms with E-state index in [-0.39, 0.29) is 137 Å². The van der Waals surface area contributed by atoms with E-state index in [1.165, 1.54) is 30.9 Å². The van der Waals surface area contributed by atoms with Crippen LogP contribution in [-0.4, -0.2) is 69.7 Å². The number of hydrogen-bond donors (Lipinski definition) is 0. The zero-order valence-electron chi connectivity index (χ0n) is 14.3. The zero-order valence-corrected chi connectivity index (χ0v) is 24.3. The second-order valence-electron chi connectivity index (χ2n) is 3.56. The van der Waals surface area contributed by atoms with Gasteiger partial charge in [0.25, 0.3) is 0 Å². The molecule has 0 aliphatic rings. The van der Waals surface area contributed by atoms with Crippen LogP contribution in [0.1, 0.15) is 77.1 Å². The fraction of sp³-hybridized carbons (Fsp3) is 0.455. The van der Waals surface area contributed by atoms with Crippen LogP contribution >= 0.6 is 53.6 Å². The summed E-state index contributed by atoms with van der Waals surface area (Å²) in [5.41, 5.74) is 0. The minimum atomic E-state index is -1.72. The predicted molar refractivity (Wildman–Crippen MR) is 210 cm³/mol. The molecule has 0 radical (unpaired) electrons. The maximum atomic E-state index is 4.94. The summed E-state index contributed by atoms with van der Waals surface area (Å²) in [6.07, 6.45) is 0. The van der Waals surface area contributed by atoms with Crippen LogP contribution in [0, 0.1) is 0 Å². The fourth-order valence-electron chi connectivity index (χ4n) is 1.07. The normalized spacial score (nSPS) is 4.82. The molecule has 34 heavy (non-hydrogen) atoms. The van der Waals surface area contributed by atoms with Crippen molar-refractivity contribution in [3.05, 3.63) is 60.7 Å². The standard InChI is InChI=1S/2C6H8Si.10CH4.2Al.ClH3Si.4ClH.Li.H4Si.H2.4H/c2*7-6-4-2-1-3-5-6;;;;;;;;;;;;;1-2;;;;;;;;;;;/h2*1-5H,7H3;10*1H4;;;2H3;4*1H;;1H4;1H;;;;/q;;;;;;;;;;;;;+3;;;;;;+1;;;;;;-1/p-3. The molecule has 0 nitrogen and oxygen atoms in total. The maximum absolute atomic E-state index is 4.94. The van der Waals surface area contributed by atoms with Crippen LogP contribution in [0.2, 0.25) is 0 Å². The van der Waals surface area contributed by atoms with Crippen LogP contribution in [0.25, 0.3) is 0 Å². The molecule has 0 unspecified atom stereocenters. The fourth-order valence-corrected chi connectivity index (χ4v) is 1.84. The van der Waals surface area contributed by atoms with E-state index in [0.29, 0.717) is 0 Å². The number of benzene rings is 2. The molecular weight excluding hydrogens is 615 g/mol. The van der Waals surface area contributed by atoms with Gasteiger partial charge in [0, 0.05) is 21.9 Å². The summed E-state index contributed by atoms with van der Waals surface area (Å²) in [6.45, 7) is 0. The Hall–Kier alpha value is 2.42. The molecule has 0 bridgehead atoms. The first-order valence-corrected chi connectivity index (χ1v) is 16.1. The van der Waals surface area contributed by atoms with E-state index in [9.17, 15) is 0 Å². The van der Waals surface area contributed by atoms with Gasteiger partial charge in [-0.25, -0.2) is 30.1 Å². The Morgan fingerprint density at radius 2 is 0.676 bits per heavy atom. The van der Waals surface area contributed by atoms with Gasteiger partial charge in [0.05, 0.1) is 0 Å². The first-order valence-electron chi connectivity index (χ1n) is 5.85. The molecule has 0 saturated heterocycles.